The fourth-order valence-corrected chi connectivity index (χ4v) is 0.727. The summed E-state index contributed by atoms with van der Waals surface area (Å²) < 4.78 is 3.41. The van der Waals surface area contributed by atoms with Crippen LogP contribution in [-0.2, 0) is 0 Å². The van der Waals surface area contributed by atoms with E-state index in [4.69, 9.17) is 5.21 Å². The lowest BCUT2D eigenvalue weighted by Crippen LogP contribution is -2.16. The molecule has 1 aromatic rings. The molecule has 0 radical (unpaired) electrons. The summed E-state index contributed by atoms with van der Waals surface area (Å²) in [7, 11) is 0. The van der Waals surface area contributed by atoms with E-state index in [-0.39, 0.29) is 4.88 Å². The lowest BCUT2D eigenvalue weighted by atomic mass is 10.5. The molecular weight excluding hydrogens is 142 g/mol. The fourth-order valence-electron chi connectivity index (χ4n) is 0.322. The molecule has 0 aliphatic rings. The second kappa shape index (κ2) is 2.51. The highest BCUT2D eigenvalue weighted by Gasteiger charge is 2.04. The molecule has 5 nitrogen and oxygen atoms in total. The molecule has 48 valence electrons. The molecule has 0 saturated heterocycles. The van der Waals surface area contributed by atoms with Crippen molar-refractivity contribution in [2.24, 2.45) is 0 Å². The van der Waals surface area contributed by atoms with E-state index in [0.29, 0.717) is 0 Å². The number of aromatic nitrogens is 2. The van der Waals surface area contributed by atoms with Gasteiger partial charge in [0.05, 0.1) is 6.20 Å². The number of amides is 1. The lowest BCUT2D eigenvalue weighted by Gasteiger charge is -1.87. The number of hydrogen-bond donors (Lipinski definition) is 2. The minimum Gasteiger partial charge on any atom is -0.288 e. The Bertz CT molecular complexity index is 197. The molecular formula is C3H3N3O2S. The normalized spacial score (nSPS) is 9.00. The molecule has 9 heavy (non-hydrogen) atoms. The van der Waals surface area contributed by atoms with Crippen LogP contribution in [-0.4, -0.2) is 20.7 Å². The molecule has 0 bridgehead atoms. The van der Waals surface area contributed by atoms with E-state index < -0.39 is 5.91 Å². The Morgan fingerprint density at radius 1 is 1.89 bits per heavy atom. The molecule has 1 rings (SSSR count). The van der Waals surface area contributed by atoms with E-state index in [1.807, 2.05) is 0 Å². The number of rotatable bonds is 1. The van der Waals surface area contributed by atoms with Crippen molar-refractivity contribution in [1.29, 1.82) is 0 Å². The van der Waals surface area contributed by atoms with Gasteiger partial charge in [-0.1, -0.05) is 4.49 Å². The van der Waals surface area contributed by atoms with Gasteiger partial charge in [-0.2, -0.15) is 0 Å². The average molecular weight is 145 g/mol. The first-order chi connectivity index (χ1) is 4.34. The third kappa shape index (κ3) is 1.21. The van der Waals surface area contributed by atoms with Gasteiger partial charge in [-0.15, -0.1) is 5.10 Å². The Morgan fingerprint density at radius 3 is 3.11 bits per heavy atom. The quantitative estimate of drug-likeness (QED) is 0.418. The third-order valence-corrected chi connectivity index (χ3v) is 1.35. The largest absolute Gasteiger partial charge is 0.288 e. The highest BCUT2D eigenvalue weighted by molar-refractivity contribution is 7.07. The monoisotopic (exact) mass is 145 g/mol. The summed E-state index contributed by atoms with van der Waals surface area (Å²) in [6, 6.07) is 0. The van der Waals surface area contributed by atoms with E-state index in [9.17, 15) is 4.79 Å². The van der Waals surface area contributed by atoms with Crippen LogP contribution in [0.1, 0.15) is 9.67 Å². The van der Waals surface area contributed by atoms with Crippen LogP contribution in [0.4, 0.5) is 0 Å². The van der Waals surface area contributed by atoms with Crippen LogP contribution in [0.2, 0.25) is 0 Å². The zero-order valence-electron chi connectivity index (χ0n) is 4.24. The number of nitrogens with zero attached hydrogens (tertiary/aromatic N) is 2. The first-order valence-corrected chi connectivity index (χ1v) is 2.83. The molecule has 0 atom stereocenters. The maximum absolute atomic E-state index is 10.4. The molecule has 0 unspecified atom stereocenters. The van der Waals surface area contributed by atoms with Crippen molar-refractivity contribution in [2.75, 3.05) is 0 Å². The molecule has 0 aromatic carbocycles. The Morgan fingerprint density at radius 2 is 2.67 bits per heavy atom. The Hall–Kier alpha value is -1.01. The van der Waals surface area contributed by atoms with E-state index in [0.717, 1.165) is 11.5 Å². The zero-order chi connectivity index (χ0) is 6.69. The minimum absolute atomic E-state index is 0.289. The van der Waals surface area contributed by atoms with Gasteiger partial charge in [0.15, 0.2) is 0 Å². The second-order valence-electron chi connectivity index (χ2n) is 1.22. The van der Waals surface area contributed by atoms with Gasteiger partial charge >= 0.3 is 0 Å². The molecule has 0 aliphatic carbocycles. The summed E-state index contributed by atoms with van der Waals surface area (Å²) >= 11 is 0.922. The summed E-state index contributed by atoms with van der Waals surface area (Å²) in [6.07, 6.45) is 1.27. The van der Waals surface area contributed by atoms with Crippen molar-refractivity contribution >= 4 is 17.4 Å². The summed E-state index contributed by atoms with van der Waals surface area (Å²) in [5, 5.41) is 11.4. The van der Waals surface area contributed by atoms with Gasteiger partial charge in [-0.3, -0.25) is 10.0 Å². The summed E-state index contributed by atoms with van der Waals surface area (Å²) in [5.41, 5.74) is 1.46. The van der Waals surface area contributed by atoms with Crippen molar-refractivity contribution in [1.82, 2.24) is 15.1 Å². The number of hydroxylamine groups is 1. The molecule has 6 heteroatoms. The summed E-state index contributed by atoms with van der Waals surface area (Å²) in [5.74, 6) is -0.579. The van der Waals surface area contributed by atoms with E-state index >= 15 is 0 Å². The van der Waals surface area contributed by atoms with Crippen LogP contribution in [0.15, 0.2) is 6.20 Å². The maximum atomic E-state index is 10.4. The van der Waals surface area contributed by atoms with Crippen LogP contribution in [0.5, 0.6) is 0 Å². The van der Waals surface area contributed by atoms with Gasteiger partial charge in [0.2, 0.25) is 0 Å². The number of nitrogens with one attached hydrogen (secondary N) is 1. The van der Waals surface area contributed by atoms with Gasteiger partial charge < -0.3 is 0 Å². The van der Waals surface area contributed by atoms with Crippen molar-refractivity contribution in [3.05, 3.63) is 11.1 Å². The highest BCUT2D eigenvalue weighted by atomic mass is 32.1. The highest BCUT2D eigenvalue weighted by Crippen LogP contribution is 1.99. The predicted molar refractivity (Wildman–Crippen MR) is 29.2 cm³/mol. The number of carbonyl (C=O) groups excluding carboxylic acids is 1. The second-order valence-corrected chi connectivity index (χ2v) is 2.01. The summed E-state index contributed by atoms with van der Waals surface area (Å²) in [6.45, 7) is 0. The number of carbonyl (C=O) groups is 1. The fraction of sp³-hybridized carbons (Fsp3) is 0. The first kappa shape index (κ1) is 6.12. The SMILES string of the molecule is O=C(NO)c1cnns1. The van der Waals surface area contributed by atoms with Gasteiger partial charge in [0, 0.05) is 0 Å². The number of hydrogen-bond acceptors (Lipinski definition) is 5. The predicted octanol–water partition coefficient (Wildman–Crippen LogP) is -0.343. The standard InChI is InChI=1S/C3H3N3O2S/c7-3(5-8)2-1-4-6-9-2/h1,8H,(H,5,7). The lowest BCUT2D eigenvalue weighted by molar-refractivity contribution is 0.0711. The van der Waals surface area contributed by atoms with Crippen LogP contribution >= 0.6 is 11.5 Å². The van der Waals surface area contributed by atoms with Gasteiger partial charge in [-0.25, -0.2) is 5.48 Å². The third-order valence-electron chi connectivity index (χ3n) is 0.687. The Labute approximate surface area is 54.4 Å². The van der Waals surface area contributed by atoms with Crippen LogP contribution < -0.4 is 5.48 Å². The van der Waals surface area contributed by atoms with E-state index in [2.05, 4.69) is 9.59 Å². The van der Waals surface area contributed by atoms with Crippen LogP contribution in [0, 0.1) is 0 Å². The molecule has 1 aromatic heterocycles. The Balaban J connectivity index is 2.77. The van der Waals surface area contributed by atoms with Gasteiger partial charge in [0.1, 0.15) is 4.88 Å². The minimum atomic E-state index is -0.579. The molecule has 0 fully saturated rings. The first-order valence-electron chi connectivity index (χ1n) is 2.06. The summed E-state index contributed by atoms with van der Waals surface area (Å²) in [4.78, 5) is 10.7. The van der Waals surface area contributed by atoms with E-state index in [1.165, 1.54) is 11.7 Å². The van der Waals surface area contributed by atoms with Crippen LogP contribution in [0.3, 0.4) is 0 Å². The smallest absolute Gasteiger partial charge is 0.287 e. The topological polar surface area (TPSA) is 75.1 Å². The zero-order valence-corrected chi connectivity index (χ0v) is 5.05. The van der Waals surface area contributed by atoms with Gasteiger partial charge in [-0.05, 0) is 11.5 Å². The average Bonchev–Trinajstić information content (AvgIpc) is 2.37. The maximum Gasteiger partial charge on any atom is 0.287 e. The molecule has 1 heterocycles. The van der Waals surface area contributed by atoms with Crippen molar-refractivity contribution < 1.29 is 10.0 Å². The molecule has 1 amide bonds. The van der Waals surface area contributed by atoms with Crippen molar-refractivity contribution in [3.8, 4) is 0 Å². The molecule has 0 aliphatic heterocycles. The molecule has 2 N–H and O–H groups in total. The van der Waals surface area contributed by atoms with Crippen molar-refractivity contribution in [3.63, 3.8) is 0 Å². The molecule has 0 saturated carbocycles. The van der Waals surface area contributed by atoms with Gasteiger partial charge in [0.25, 0.3) is 5.91 Å². The van der Waals surface area contributed by atoms with Crippen molar-refractivity contribution in [2.45, 2.75) is 0 Å². The van der Waals surface area contributed by atoms with Crippen LogP contribution in [0.25, 0.3) is 0 Å². The Kier molecular flexibility index (Phi) is 1.71. The van der Waals surface area contributed by atoms with E-state index in [1.54, 1.807) is 0 Å². The molecule has 0 spiro atoms.